The summed E-state index contributed by atoms with van der Waals surface area (Å²) < 4.78 is 0. The number of hydrogen-bond donors (Lipinski definition) is 3. The number of aliphatic hydroxyl groups is 1. The fraction of sp³-hybridized carbons (Fsp3) is 0.235. The summed E-state index contributed by atoms with van der Waals surface area (Å²) >= 11 is 5.83. The first-order chi connectivity index (χ1) is 10.4. The van der Waals surface area contributed by atoms with Crippen molar-refractivity contribution in [2.24, 2.45) is 5.73 Å². The van der Waals surface area contributed by atoms with E-state index < -0.39 is 17.6 Å². The second kappa shape index (κ2) is 6.92. The summed E-state index contributed by atoms with van der Waals surface area (Å²) in [5.74, 6) is -0.498. The molecule has 1 amide bonds. The van der Waals surface area contributed by atoms with Gasteiger partial charge in [-0.2, -0.15) is 0 Å². The minimum atomic E-state index is -1.05. The molecule has 2 aromatic rings. The van der Waals surface area contributed by atoms with E-state index in [2.05, 4.69) is 5.32 Å². The molecule has 4 N–H and O–H groups in total. The molecule has 0 aliphatic carbocycles. The number of benzene rings is 2. The fourth-order valence-corrected chi connectivity index (χ4v) is 2.33. The molecule has 0 bridgehead atoms. The predicted octanol–water partition coefficient (Wildman–Crippen LogP) is 2.36. The van der Waals surface area contributed by atoms with E-state index in [1.807, 2.05) is 30.3 Å². The molecule has 0 aliphatic heterocycles. The number of carbonyl (C=O) groups excluding carboxylic acids is 1. The van der Waals surface area contributed by atoms with Gasteiger partial charge in [-0.05, 0) is 30.2 Å². The van der Waals surface area contributed by atoms with Gasteiger partial charge in [-0.25, -0.2) is 0 Å². The normalized spacial score (nSPS) is 15.0. The molecule has 0 radical (unpaired) electrons. The number of aliphatic hydroxyl groups excluding tert-OH is 1. The summed E-state index contributed by atoms with van der Waals surface area (Å²) in [6, 6.07) is 16.1. The Bertz CT molecular complexity index is 631. The number of carbonyl (C=O) groups is 1. The smallest absolute Gasteiger partial charge is 0.242 e. The average Bonchev–Trinajstić information content (AvgIpc) is 2.53. The lowest BCUT2D eigenvalue weighted by atomic mass is 9.91. The minimum absolute atomic E-state index is 0.190. The van der Waals surface area contributed by atoms with Crippen molar-refractivity contribution in [3.8, 4) is 0 Å². The van der Waals surface area contributed by atoms with Crippen molar-refractivity contribution in [1.29, 1.82) is 0 Å². The number of nitrogens with two attached hydrogens (primary N) is 1. The van der Waals surface area contributed by atoms with E-state index in [-0.39, 0.29) is 6.54 Å². The molecular formula is C17H19ClN2O2. The highest BCUT2D eigenvalue weighted by Gasteiger charge is 2.33. The van der Waals surface area contributed by atoms with Crippen molar-refractivity contribution in [1.82, 2.24) is 5.32 Å². The molecule has 0 aromatic heterocycles. The van der Waals surface area contributed by atoms with E-state index in [9.17, 15) is 9.90 Å². The third-order valence-corrected chi connectivity index (χ3v) is 4.00. The molecule has 4 nitrogen and oxygen atoms in total. The second-order valence-electron chi connectivity index (χ2n) is 5.30. The van der Waals surface area contributed by atoms with E-state index in [1.165, 1.54) is 0 Å². The molecule has 5 heteroatoms. The van der Waals surface area contributed by atoms with E-state index in [0.29, 0.717) is 5.02 Å². The van der Waals surface area contributed by atoms with Crippen LogP contribution in [0, 0.1) is 0 Å². The zero-order valence-corrected chi connectivity index (χ0v) is 13.0. The van der Waals surface area contributed by atoms with Crippen LogP contribution in [0.3, 0.4) is 0 Å². The number of halogens is 1. The monoisotopic (exact) mass is 318 g/mol. The van der Waals surface area contributed by atoms with Gasteiger partial charge in [0.1, 0.15) is 5.54 Å². The molecule has 0 spiro atoms. The Morgan fingerprint density at radius 1 is 1.23 bits per heavy atom. The highest BCUT2D eigenvalue weighted by molar-refractivity contribution is 6.30. The van der Waals surface area contributed by atoms with Crippen LogP contribution >= 0.6 is 11.6 Å². The van der Waals surface area contributed by atoms with Gasteiger partial charge in [-0.1, -0.05) is 54.1 Å². The van der Waals surface area contributed by atoms with Crippen molar-refractivity contribution in [2.45, 2.75) is 18.6 Å². The third kappa shape index (κ3) is 3.65. The number of amides is 1. The molecule has 22 heavy (non-hydrogen) atoms. The summed E-state index contributed by atoms with van der Waals surface area (Å²) in [6.07, 6.45) is -0.764. The topological polar surface area (TPSA) is 75.3 Å². The van der Waals surface area contributed by atoms with Crippen molar-refractivity contribution in [2.75, 3.05) is 6.54 Å². The molecular weight excluding hydrogens is 300 g/mol. The van der Waals surface area contributed by atoms with Crippen LogP contribution in [0.1, 0.15) is 24.2 Å². The van der Waals surface area contributed by atoms with E-state index in [0.717, 1.165) is 11.1 Å². The maximum Gasteiger partial charge on any atom is 0.242 e. The largest absolute Gasteiger partial charge is 0.387 e. The lowest BCUT2D eigenvalue weighted by Gasteiger charge is -2.29. The summed E-state index contributed by atoms with van der Waals surface area (Å²) in [7, 11) is 0. The maximum atomic E-state index is 11.9. The molecule has 0 saturated heterocycles. The summed E-state index contributed by atoms with van der Waals surface area (Å²) in [4.78, 5) is 11.9. The Balaban J connectivity index is 2.12. The lowest BCUT2D eigenvalue weighted by Crippen LogP contribution is -2.51. The second-order valence-corrected chi connectivity index (χ2v) is 5.74. The maximum absolute atomic E-state index is 11.9. The third-order valence-electron chi connectivity index (χ3n) is 3.75. The molecule has 116 valence electrons. The number of rotatable bonds is 6. The highest BCUT2D eigenvalue weighted by Crippen LogP contribution is 2.22. The SMILES string of the molecule is CC(NCC(O)c1ccc(Cl)cc1)(C(N)=O)c1ccccc1. The molecule has 0 saturated carbocycles. The zero-order chi connectivity index (χ0) is 16.2. The Labute approximate surface area is 134 Å². The van der Waals surface area contributed by atoms with Gasteiger partial charge in [-0.3, -0.25) is 10.1 Å². The van der Waals surface area contributed by atoms with Crippen molar-refractivity contribution in [3.63, 3.8) is 0 Å². The van der Waals surface area contributed by atoms with Crippen LogP contribution in [0.2, 0.25) is 5.02 Å². The summed E-state index contributed by atoms with van der Waals surface area (Å²) in [6.45, 7) is 1.90. The van der Waals surface area contributed by atoms with Crippen LogP contribution in [-0.4, -0.2) is 17.6 Å². The molecule has 2 atom stereocenters. The quantitative estimate of drug-likeness (QED) is 0.765. The summed E-state index contributed by atoms with van der Waals surface area (Å²) in [5.41, 5.74) is 5.97. The predicted molar refractivity (Wildman–Crippen MR) is 87.4 cm³/mol. The summed E-state index contributed by atoms with van der Waals surface area (Å²) in [5, 5.41) is 13.9. The van der Waals surface area contributed by atoms with Crippen molar-refractivity contribution >= 4 is 17.5 Å². The van der Waals surface area contributed by atoms with Crippen LogP contribution in [0.4, 0.5) is 0 Å². The van der Waals surface area contributed by atoms with Gasteiger partial charge < -0.3 is 10.8 Å². The van der Waals surface area contributed by atoms with Gasteiger partial charge in [0.25, 0.3) is 0 Å². The molecule has 0 heterocycles. The minimum Gasteiger partial charge on any atom is -0.387 e. The van der Waals surface area contributed by atoms with Gasteiger partial charge in [0.05, 0.1) is 6.10 Å². The van der Waals surface area contributed by atoms with E-state index in [1.54, 1.807) is 31.2 Å². The zero-order valence-electron chi connectivity index (χ0n) is 12.3. The van der Waals surface area contributed by atoms with Crippen LogP contribution in [0.25, 0.3) is 0 Å². The van der Waals surface area contributed by atoms with Crippen LogP contribution < -0.4 is 11.1 Å². The Hall–Kier alpha value is -1.88. The number of hydrogen-bond acceptors (Lipinski definition) is 3. The highest BCUT2D eigenvalue weighted by atomic mass is 35.5. The Morgan fingerprint density at radius 3 is 2.36 bits per heavy atom. The van der Waals surface area contributed by atoms with Crippen molar-refractivity contribution in [3.05, 3.63) is 70.7 Å². The first-order valence-electron chi connectivity index (χ1n) is 6.97. The Morgan fingerprint density at radius 2 is 1.82 bits per heavy atom. The van der Waals surface area contributed by atoms with Crippen molar-refractivity contribution < 1.29 is 9.90 Å². The fourth-order valence-electron chi connectivity index (χ4n) is 2.21. The first kappa shape index (κ1) is 16.5. The van der Waals surface area contributed by atoms with Crippen LogP contribution in [-0.2, 0) is 10.3 Å². The molecule has 2 rings (SSSR count). The van der Waals surface area contributed by atoms with Gasteiger partial charge in [0.2, 0.25) is 5.91 Å². The average molecular weight is 319 g/mol. The van der Waals surface area contributed by atoms with Gasteiger partial charge in [0, 0.05) is 11.6 Å². The molecule has 2 unspecified atom stereocenters. The van der Waals surface area contributed by atoms with Crippen LogP contribution in [0.15, 0.2) is 54.6 Å². The van der Waals surface area contributed by atoms with Crippen LogP contribution in [0.5, 0.6) is 0 Å². The first-order valence-corrected chi connectivity index (χ1v) is 7.35. The lowest BCUT2D eigenvalue weighted by molar-refractivity contribution is -0.124. The molecule has 0 fully saturated rings. The van der Waals surface area contributed by atoms with E-state index in [4.69, 9.17) is 17.3 Å². The van der Waals surface area contributed by atoms with Gasteiger partial charge in [0.15, 0.2) is 0 Å². The van der Waals surface area contributed by atoms with E-state index >= 15 is 0 Å². The molecule has 2 aromatic carbocycles. The van der Waals surface area contributed by atoms with Gasteiger partial charge in [-0.15, -0.1) is 0 Å². The van der Waals surface area contributed by atoms with Gasteiger partial charge >= 0.3 is 0 Å². The molecule has 0 aliphatic rings. The number of nitrogens with one attached hydrogen (secondary N) is 1. The number of primary amides is 1. The Kier molecular flexibility index (Phi) is 5.19. The standard InChI is InChI=1S/C17H19ClN2O2/c1-17(16(19)22,13-5-3-2-4-6-13)20-11-15(21)12-7-9-14(18)10-8-12/h2-10,15,20-21H,11H2,1H3,(H2,19,22).